The van der Waals surface area contributed by atoms with E-state index in [1.165, 1.54) is 8.45 Å². The van der Waals surface area contributed by atoms with E-state index in [-0.39, 0.29) is 0 Å². The van der Waals surface area contributed by atoms with E-state index >= 15 is 0 Å². The lowest BCUT2D eigenvalue weighted by Gasteiger charge is -2.03. The lowest BCUT2D eigenvalue weighted by Crippen LogP contribution is -1.98. The van der Waals surface area contributed by atoms with Crippen LogP contribution in [0.5, 0.6) is 0 Å². The van der Waals surface area contributed by atoms with E-state index in [9.17, 15) is 0 Å². The molecule has 3 aromatic rings. The Hall–Kier alpha value is -0.180. The predicted octanol–water partition coefficient (Wildman–Crippen LogP) is 5.18. The Morgan fingerprint density at radius 1 is 1.39 bits per heavy atom. The van der Waals surface area contributed by atoms with Gasteiger partial charge in [0.05, 0.1) is 17.6 Å². The Morgan fingerprint density at radius 2 is 2.22 bits per heavy atom. The number of imidazole rings is 1. The second kappa shape index (κ2) is 5.07. The minimum Gasteiger partial charge on any atom is -0.331 e. The maximum atomic E-state index is 5.41. The Kier molecular flexibility index (Phi) is 3.61. The molecule has 0 aliphatic heterocycles. The molecular formula is C12H8BrIN2S2. The summed E-state index contributed by atoms with van der Waals surface area (Å²) in [6.07, 6.45) is 0. The first-order valence-electron chi connectivity index (χ1n) is 5.25. The van der Waals surface area contributed by atoms with Crippen LogP contribution in [0, 0.1) is 8.34 Å². The molecule has 0 unspecified atom stereocenters. The van der Waals surface area contributed by atoms with Crippen LogP contribution in [-0.2, 0) is 6.54 Å². The van der Waals surface area contributed by atoms with Crippen LogP contribution in [0.4, 0.5) is 0 Å². The van der Waals surface area contributed by atoms with Gasteiger partial charge in [-0.1, -0.05) is 0 Å². The van der Waals surface area contributed by atoms with Crippen LogP contribution in [0.15, 0.2) is 34.1 Å². The molecule has 3 rings (SSSR count). The summed E-state index contributed by atoms with van der Waals surface area (Å²) in [7, 11) is 0. The summed E-state index contributed by atoms with van der Waals surface area (Å²) >= 11 is 13.0. The van der Waals surface area contributed by atoms with Crippen molar-refractivity contribution in [3.63, 3.8) is 0 Å². The molecular weight excluding hydrogens is 443 g/mol. The Balaban J connectivity index is 2.15. The van der Waals surface area contributed by atoms with Crippen molar-refractivity contribution < 1.29 is 0 Å². The van der Waals surface area contributed by atoms with Gasteiger partial charge in [0.1, 0.15) is 0 Å². The van der Waals surface area contributed by atoms with E-state index in [4.69, 9.17) is 12.2 Å². The lowest BCUT2D eigenvalue weighted by atomic mass is 10.3. The Labute approximate surface area is 135 Å². The normalized spacial score (nSPS) is 11.2. The van der Waals surface area contributed by atoms with Crippen LogP contribution >= 0.6 is 62.1 Å². The fourth-order valence-electron chi connectivity index (χ4n) is 1.87. The minimum absolute atomic E-state index is 0.771. The van der Waals surface area contributed by atoms with Crippen LogP contribution in [0.2, 0.25) is 0 Å². The molecule has 92 valence electrons. The number of hydrogen-bond donors (Lipinski definition) is 1. The molecule has 0 saturated carbocycles. The van der Waals surface area contributed by atoms with Crippen molar-refractivity contribution in [1.29, 1.82) is 0 Å². The van der Waals surface area contributed by atoms with Gasteiger partial charge in [-0.25, -0.2) is 0 Å². The zero-order valence-corrected chi connectivity index (χ0v) is 14.5. The molecule has 0 saturated heterocycles. The highest BCUT2D eigenvalue weighted by Gasteiger charge is 2.08. The molecule has 0 spiro atoms. The first-order chi connectivity index (χ1) is 8.65. The van der Waals surface area contributed by atoms with Gasteiger partial charge in [0.25, 0.3) is 0 Å². The maximum Gasteiger partial charge on any atom is 0.178 e. The van der Waals surface area contributed by atoms with Gasteiger partial charge in [-0.3, -0.25) is 0 Å². The molecule has 2 heterocycles. The van der Waals surface area contributed by atoms with E-state index in [1.807, 2.05) is 0 Å². The number of nitrogens with zero attached hydrogens (tertiary/aromatic N) is 1. The van der Waals surface area contributed by atoms with E-state index < -0.39 is 0 Å². The number of halogens is 2. The van der Waals surface area contributed by atoms with Crippen LogP contribution in [0.3, 0.4) is 0 Å². The molecule has 0 aliphatic rings. The van der Waals surface area contributed by atoms with E-state index in [1.54, 1.807) is 11.3 Å². The second-order valence-corrected chi connectivity index (χ2v) is 7.36. The minimum atomic E-state index is 0.771. The molecule has 0 fully saturated rings. The van der Waals surface area contributed by atoms with E-state index in [0.29, 0.717) is 0 Å². The van der Waals surface area contributed by atoms with Gasteiger partial charge in [-0.2, -0.15) is 0 Å². The number of benzene rings is 1. The molecule has 0 atom stereocenters. The zero-order chi connectivity index (χ0) is 12.7. The van der Waals surface area contributed by atoms with Crippen molar-refractivity contribution in [2.24, 2.45) is 0 Å². The molecule has 1 N–H and O–H groups in total. The predicted molar refractivity (Wildman–Crippen MR) is 91.0 cm³/mol. The number of rotatable bonds is 2. The Morgan fingerprint density at radius 3 is 2.94 bits per heavy atom. The second-order valence-electron chi connectivity index (χ2n) is 3.87. The molecule has 18 heavy (non-hydrogen) atoms. The number of fused-ring (bicyclic) bond motifs is 1. The molecule has 0 bridgehead atoms. The molecule has 0 amide bonds. The van der Waals surface area contributed by atoms with Crippen molar-refractivity contribution in [2.45, 2.75) is 6.54 Å². The van der Waals surface area contributed by atoms with Crippen molar-refractivity contribution in [3.8, 4) is 0 Å². The summed E-state index contributed by atoms with van der Waals surface area (Å²) < 4.78 is 5.26. The van der Waals surface area contributed by atoms with Crippen LogP contribution in [0.25, 0.3) is 11.0 Å². The number of thiophene rings is 1. The topological polar surface area (TPSA) is 20.7 Å². The van der Waals surface area contributed by atoms with Crippen LogP contribution in [-0.4, -0.2) is 9.55 Å². The number of H-pyrrole nitrogens is 1. The highest BCUT2D eigenvalue weighted by molar-refractivity contribution is 14.1. The Bertz CT molecular complexity index is 772. The lowest BCUT2D eigenvalue weighted by molar-refractivity contribution is 0.821. The van der Waals surface area contributed by atoms with Gasteiger partial charge in [0.2, 0.25) is 0 Å². The van der Waals surface area contributed by atoms with E-state index in [2.05, 4.69) is 77.7 Å². The van der Waals surface area contributed by atoms with Crippen molar-refractivity contribution in [3.05, 3.63) is 47.3 Å². The summed E-state index contributed by atoms with van der Waals surface area (Å²) in [4.78, 5) is 4.54. The number of hydrogen-bond acceptors (Lipinski definition) is 2. The number of nitrogens with one attached hydrogen (secondary N) is 1. The standard InChI is InChI=1S/C12H8BrIN2S2/c13-8-3-4-18-11(8)6-16-10-2-1-7(14)5-9(10)15-12(16)17/h1-5H,6H2,(H,15,17). The van der Waals surface area contributed by atoms with Crippen LogP contribution < -0.4 is 0 Å². The summed E-state index contributed by atoms with van der Waals surface area (Å²) in [6.45, 7) is 0.803. The van der Waals surface area contributed by atoms with Gasteiger partial charge in [-0.15, -0.1) is 11.3 Å². The third-order valence-corrected chi connectivity index (χ3v) is 5.63. The van der Waals surface area contributed by atoms with Gasteiger partial charge in [0.15, 0.2) is 4.77 Å². The highest BCUT2D eigenvalue weighted by atomic mass is 127. The largest absolute Gasteiger partial charge is 0.331 e. The summed E-state index contributed by atoms with van der Waals surface area (Å²) in [5, 5.41) is 2.08. The monoisotopic (exact) mass is 450 g/mol. The summed E-state index contributed by atoms with van der Waals surface area (Å²) in [5.41, 5.74) is 2.25. The zero-order valence-electron chi connectivity index (χ0n) is 9.11. The fourth-order valence-corrected chi connectivity index (χ4v) is 4.10. The third-order valence-electron chi connectivity index (χ3n) is 2.73. The highest BCUT2D eigenvalue weighted by Crippen LogP contribution is 2.26. The maximum absolute atomic E-state index is 5.41. The van der Waals surface area contributed by atoms with Gasteiger partial charge in [-0.05, 0) is 80.4 Å². The van der Waals surface area contributed by atoms with Crippen molar-refractivity contribution in [2.75, 3.05) is 0 Å². The van der Waals surface area contributed by atoms with Crippen molar-refractivity contribution in [1.82, 2.24) is 9.55 Å². The van der Waals surface area contributed by atoms with Crippen LogP contribution in [0.1, 0.15) is 4.88 Å². The average Bonchev–Trinajstić information content (AvgIpc) is 2.85. The molecule has 0 aliphatic carbocycles. The van der Waals surface area contributed by atoms with Gasteiger partial charge >= 0.3 is 0 Å². The molecule has 6 heteroatoms. The van der Waals surface area contributed by atoms with Gasteiger partial charge in [0, 0.05) is 12.9 Å². The molecule has 2 nitrogen and oxygen atoms in total. The summed E-state index contributed by atoms with van der Waals surface area (Å²) in [5.74, 6) is 0. The first kappa shape index (κ1) is 12.8. The molecule has 2 aromatic heterocycles. The SMILES string of the molecule is S=c1[nH]c2cc(I)ccc2n1Cc1sccc1Br. The van der Waals surface area contributed by atoms with E-state index in [0.717, 1.165) is 26.8 Å². The van der Waals surface area contributed by atoms with Gasteiger partial charge < -0.3 is 9.55 Å². The molecule has 0 radical (unpaired) electrons. The molecule has 1 aromatic carbocycles. The number of aromatic nitrogens is 2. The quantitative estimate of drug-likeness (QED) is 0.421. The average molecular weight is 451 g/mol. The fraction of sp³-hybridized carbons (Fsp3) is 0.0833. The number of aromatic amines is 1. The smallest absolute Gasteiger partial charge is 0.178 e. The summed E-state index contributed by atoms with van der Waals surface area (Å²) in [6, 6.07) is 8.41. The van der Waals surface area contributed by atoms with Crippen molar-refractivity contribution >= 4 is 73.1 Å². The first-order valence-corrected chi connectivity index (χ1v) is 8.41. The third kappa shape index (κ3) is 2.31.